The van der Waals surface area contributed by atoms with E-state index in [2.05, 4.69) is 24.8 Å². The van der Waals surface area contributed by atoms with Crippen molar-refractivity contribution < 1.29 is 14.3 Å². The Balaban J connectivity index is 1.80. The van der Waals surface area contributed by atoms with Crippen LogP contribution in [-0.2, 0) is 16.2 Å². The normalized spacial score (nSPS) is 18.3. The number of alkyl halides is 1. The first-order valence-electron chi connectivity index (χ1n) is 10.2. The van der Waals surface area contributed by atoms with Crippen LogP contribution >= 0.6 is 11.6 Å². The molecule has 0 amide bonds. The van der Waals surface area contributed by atoms with Gasteiger partial charge in [0.1, 0.15) is 11.5 Å². The number of benzene rings is 3. The fraction of sp³-hybridized carbons (Fsp3) is 0.240. The number of anilines is 1. The Bertz CT molecular complexity index is 1150. The number of hydrogen-bond acceptors (Lipinski definition) is 4. The number of ether oxygens (including phenoxy) is 2. The largest absolute Gasteiger partial charge is 0.456 e. The SMILES string of the molecule is CCN(CC)c1ccc2c(c1)Oc1ccc(CCl)cc1C21OC(=O)c2ccccc21. The number of fused-ring (bicyclic) bond motifs is 6. The minimum atomic E-state index is -1.04. The van der Waals surface area contributed by atoms with Gasteiger partial charge in [-0.2, -0.15) is 0 Å². The van der Waals surface area contributed by atoms with E-state index in [4.69, 9.17) is 21.1 Å². The van der Waals surface area contributed by atoms with E-state index in [1.807, 2.05) is 54.6 Å². The molecular weight excluding hydrogens is 398 g/mol. The molecule has 0 saturated carbocycles. The summed E-state index contributed by atoms with van der Waals surface area (Å²) >= 11 is 6.13. The Labute approximate surface area is 181 Å². The van der Waals surface area contributed by atoms with Gasteiger partial charge in [0.15, 0.2) is 5.60 Å². The van der Waals surface area contributed by atoms with E-state index >= 15 is 0 Å². The monoisotopic (exact) mass is 419 g/mol. The highest BCUT2D eigenvalue weighted by Crippen LogP contribution is 2.56. The third-order valence-corrected chi connectivity index (χ3v) is 6.35. The molecule has 2 aliphatic heterocycles. The number of carbonyl (C=O) groups is 1. The third kappa shape index (κ3) is 2.56. The molecule has 1 unspecified atom stereocenters. The molecule has 4 nitrogen and oxygen atoms in total. The van der Waals surface area contributed by atoms with Gasteiger partial charge in [-0.25, -0.2) is 4.79 Å². The van der Waals surface area contributed by atoms with Crippen LogP contribution in [-0.4, -0.2) is 19.1 Å². The quantitative estimate of drug-likeness (QED) is 0.393. The molecular formula is C25H22ClNO3. The summed E-state index contributed by atoms with van der Waals surface area (Å²) in [6.07, 6.45) is 0. The van der Waals surface area contributed by atoms with Crippen LogP contribution in [0, 0.1) is 0 Å². The number of esters is 1. The van der Waals surface area contributed by atoms with Gasteiger partial charge in [0.2, 0.25) is 0 Å². The molecule has 2 aliphatic rings. The number of carbonyl (C=O) groups excluding carboxylic acids is 1. The van der Waals surface area contributed by atoms with E-state index < -0.39 is 5.60 Å². The van der Waals surface area contributed by atoms with Crippen molar-refractivity contribution in [2.45, 2.75) is 25.3 Å². The van der Waals surface area contributed by atoms with Gasteiger partial charge in [0.25, 0.3) is 0 Å². The second-order valence-corrected chi connectivity index (χ2v) is 7.80. The summed E-state index contributed by atoms with van der Waals surface area (Å²) < 4.78 is 12.5. The van der Waals surface area contributed by atoms with Gasteiger partial charge in [-0.1, -0.05) is 24.3 Å². The van der Waals surface area contributed by atoms with Crippen LogP contribution in [0.3, 0.4) is 0 Å². The lowest BCUT2D eigenvalue weighted by molar-refractivity contribution is 0.0224. The maximum Gasteiger partial charge on any atom is 0.340 e. The van der Waals surface area contributed by atoms with Crippen molar-refractivity contribution in [3.05, 3.63) is 88.5 Å². The molecule has 5 heteroatoms. The molecule has 0 fully saturated rings. The van der Waals surface area contributed by atoms with Crippen LogP contribution in [0.2, 0.25) is 0 Å². The van der Waals surface area contributed by atoms with Crippen molar-refractivity contribution in [1.29, 1.82) is 0 Å². The molecule has 1 spiro atoms. The van der Waals surface area contributed by atoms with E-state index in [0.717, 1.165) is 41.0 Å². The first-order valence-corrected chi connectivity index (χ1v) is 10.7. The summed E-state index contributed by atoms with van der Waals surface area (Å²) in [6.45, 7) is 6.05. The zero-order valence-electron chi connectivity index (χ0n) is 16.9. The van der Waals surface area contributed by atoms with Crippen molar-refractivity contribution in [1.82, 2.24) is 0 Å². The van der Waals surface area contributed by atoms with Gasteiger partial charge in [-0.15, -0.1) is 11.6 Å². The van der Waals surface area contributed by atoms with Gasteiger partial charge < -0.3 is 14.4 Å². The van der Waals surface area contributed by atoms with E-state index in [0.29, 0.717) is 22.9 Å². The molecule has 5 rings (SSSR count). The first kappa shape index (κ1) is 19.0. The molecule has 3 aromatic carbocycles. The van der Waals surface area contributed by atoms with Crippen molar-refractivity contribution >= 4 is 23.3 Å². The van der Waals surface area contributed by atoms with E-state index in [-0.39, 0.29) is 5.97 Å². The second-order valence-electron chi connectivity index (χ2n) is 7.54. The number of halogens is 1. The maximum absolute atomic E-state index is 12.9. The molecule has 3 aromatic rings. The Morgan fingerprint density at radius 2 is 1.70 bits per heavy atom. The summed E-state index contributed by atoms with van der Waals surface area (Å²) in [5.74, 6) is 1.42. The zero-order valence-corrected chi connectivity index (χ0v) is 17.7. The van der Waals surface area contributed by atoms with Crippen molar-refractivity contribution in [2.75, 3.05) is 18.0 Å². The van der Waals surface area contributed by atoms with Crippen molar-refractivity contribution in [2.24, 2.45) is 0 Å². The summed E-state index contributed by atoms with van der Waals surface area (Å²) in [5, 5.41) is 0. The predicted molar refractivity (Wildman–Crippen MR) is 118 cm³/mol. The lowest BCUT2D eigenvalue weighted by atomic mass is 9.77. The number of nitrogens with zero attached hydrogens (tertiary/aromatic N) is 1. The zero-order chi connectivity index (χ0) is 20.9. The van der Waals surface area contributed by atoms with E-state index in [1.54, 1.807) is 0 Å². The first-order chi connectivity index (χ1) is 14.6. The van der Waals surface area contributed by atoms with Crippen LogP contribution in [0.5, 0.6) is 11.5 Å². The maximum atomic E-state index is 12.9. The van der Waals surface area contributed by atoms with Crippen molar-refractivity contribution in [3.8, 4) is 11.5 Å². The molecule has 0 radical (unpaired) electrons. The number of hydrogen-bond donors (Lipinski definition) is 0. The minimum absolute atomic E-state index is 0.325. The topological polar surface area (TPSA) is 38.8 Å². The Kier molecular flexibility index (Phi) is 4.48. The lowest BCUT2D eigenvalue weighted by Crippen LogP contribution is -2.33. The highest BCUT2D eigenvalue weighted by Gasteiger charge is 2.53. The molecule has 1 atom stereocenters. The summed E-state index contributed by atoms with van der Waals surface area (Å²) in [5.41, 5.74) is 4.04. The number of rotatable bonds is 4. The van der Waals surface area contributed by atoms with Crippen LogP contribution in [0.15, 0.2) is 60.7 Å². The molecule has 2 heterocycles. The molecule has 0 aliphatic carbocycles. The minimum Gasteiger partial charge on any atom is -0.456 e. The molecule has 152 valence electrons. The average Bonchev–Trinajstić information content (AvgIpc) is 3.08. The van der Waals surface area contributed by atoms with Crippen LogP contribution in [0.4, 0.5) is 5.69 Å². The van der Waals surface area contributed by atoms with Crippen LogP contribution < -0.4 is 9.64 Å². The van der Waals surface area contributed by atoms with Crippen molar-refractivity contribution in [3.63, 3.8) is 0 Å². The Morgan fingerprint density at radius 1 is 0.900 bits per heavy atom. The lowest BCUT2D eigenvalue weighted by Gasteiger charge is -2.37. The van der Waals surface area contributed by atoms with Gasteiger partial charge in [0, 0.05) is 47.4 Å². The highest BCUT2D eigenvalue weighted by atomic mass is 35.5. The van der Waals surface area contributed by atoms with E-state index in [1.165, 1.54) is 0 Å². The predicted octanol–water partition coefficient (Wildman–Crippen LogP) is 5.84. The van der Waals surface area contributed by atoms with Gasteiger partial charge in [0.05, 0.1) is 5.56 Å². The molecule has 0 N–H and O–H groups in total. The summed E-state index contributed by atoms with van der Waals surface area (Å²) in [6, 6.07) is 19.6. The van der Waals surface area contributed by atoms with Gasteiger partial charge >= 0.3 is 5.97 Å². The van der Waals surface area contributed by atoms with Crippen LogP contribution in [0.1, 0.15) is 46.5 Å². The Morgan fingerprint density at radius 3 is 2.47 bits per heavy atom. The van der Waals surface area contributed by atoms with Gasteiger partial charge in [-0.05, 0) is 49.7 Å². The van der Waals surface area contributed by atoms with E-state index in [9.17, 15) is 4.79 Å². The molecule has 0 saturated heterocycles. The van der Waals surface area contributed by atoms with Gasteiger partial charge in [-0.3, -0.25) is 0 Å². The highest BCUT2D eigenvalue weighted by molar-refractivity contribution is 6.17. The third-order valence-electron chi connectivity index (χ3n) is 6.04. The Hall–Kier alpha value is -2.98. The summed E-state index contributed by atoms with van der Waals surface area (Å²) in [7, 11) is 0. The molecule has 0 bridgehead atoms. The second kappa shape index (κ2) is 7.06. The van der Waals surface area contributed by atoms with Crippen LogP contribution in [0.25, 0.3) is 0 Å². The average molecular weight is 420 g/mol. The fourth-order valence-corrected chi connectivity index (χ4v) is 4.74. The summed E-state index contributed by atoms with van der Waals surface area (Å²) in [4.78, 5) is 15.1. The fourth-order valence-electron chi connectivity index (χ4n) is 4.58. The standard InChI is InChI=1S/C25H22ClNO3/c1-3-27(4-2)17-10-11-20-23(14-17)29-22-12-9-16(15-26)13-21(22)25(20)19-8-6-5-7-18(19)24(28)30-25/h5-14H,3-4,15H2,1-2H3. The molecule has 30 heavy (non-hydrogen) atoms. The smallest absolute Gasteiger partial charge is 0.340 e. The molecule has 0 aromatic heterocycles.